The van der Waals surface area contributed by atoms with Gasteiger partial charge in [-0.3, -0.25) is 4.72 Å². The third-order valence-electron chi connectivity index (χ3n) is 2.98. The van der Waals surface area contributed by atoms with Crippen molar-refractivity contribution in [1.82, 2.24) is 0 Å². The highest BCUT2D eigenvalue weighted by atomic mass is 32.2. The molecule has 120 valence electrons. The van der Waals surface area contributed by atoms with Crippen LogP contribution in [0.5, 0.6) is 0 Å². The molecule has 23 heavy (non-hydrogen) atoms. The van der Waals surface area contributed by atoms with E-state index in [2.05, 4.69) is 4.72 Å². The molecule has 0 aliphatic heterocycles. The average molecular weight is 335 g/mol. The zero-order valence-corrected chi connectivity index (χ0v) is 13.0. The second-order valence-electron chi connectivity index (χ2n) is 4.83. The number of nitrogens with one attached hydrogen (secondary N) is 1. The van der Waals surface area contributed by atoms with E-state index in [1.807, 2.05) is 0 Å². The fourth-order valence-electron chi connectivity index (χ4n) is 1.83. The number of halogens is 1. The maximum atomic E-state index is 13.7. The summed E-state index contributed by atoms with van der Waals surface area (Å²) in [4.78, 5) is 10.4. The van der Waals surface area contributed by atoms with Gasteiger partial charge in [0.1, 0.15) is 5.82 Å². The Morgan fingerprint density at radius 2 is 1.83 bits per heavy atom. The minimum absolute atomic E-state index is 0.0510. The number of carbonyl (C=O) groups is 1. The van der Waals surface area contributed by atoms with Crippen LogP contribution in [-0.2, 0) is 14.8 Å². The highest BCUT2D eigenvalue weighted by molar-refractivity contribution is 7.92. The van der Waals surface area contributed by atoms with E-state index in [0.717, 1.165) is 6.08 Å². The summed E-state index contributed by atoms with van der Waals surface area (Å²) in [5.41, 5.74) is 1.08. The molecule has 0 radical (unpaired) electrons. The number of sulfonamides is 1. The Bertz CT molecular complexity index is 858. The number of aryl methyl sites for hydroxylation is 1. The first-order chi connectivity index (χ1) is 10.8. The van der Waals surface area contributed by atoms with E-state index >= 15 is 0 Å². The SMILES string of the molecule is Cc1ccc(NS(=O)(=O)c2ccc(/C=C/C(=O)O)cc2)c(F)c1. The van der Waals surface area contributed by atoms with E-state index in [1.165, 1.54) is 42.5 Å². The predicted molar refractivity (Wildman–Crippen MR) is 85.1 cm³/mol. The van der Waals surface area contributed by atoms with Crippen molar-refractivity contribution in [3.8, 4) is 0 Å². The van der Waals surface area contributed by atoms with Gasteiger partial charge < -0.3 is 5.11 Å². The van der Waals surface area contributed by atoms with E-state index in [9.17, 15) is 17.6 Å². The predicted octanol–water partition coefficient (Wildman–Crippen LogP) is 3.03. The smallest absolute Gasteiger partial charge is 0.328 e. The molecule has 2 aromatic carbocycles. The van der Waals surface area contributed by atoms with Crippen LogP contribution in [-0.4, -0.2) is 19.5 Å². The number of aliphatic carboxylic acids is 1. The minimum Gasteiger partial charge on any atom is -0.478 e. The van der Waals surface area contributed by atoms with Crippen LogP contribution in [0.1, 0.15) is 11.1 Å². The van der Waals surface area contributed by atoms with E-state index in [0.29, 0.717) is 11.1 Å². The number of rotatable bonds is 5. The molecule has 0 bridgehead atoms. The van der Waals surface area contributed by atoms with Crippen molar-refractivity contribution in [1.29, 1.82) is 0 Å². The molecule has 0 saturated heterocycles. The molecule has 0 saturated carbocycles. The van der Waals surface area contributed by atoms with Crippen LogP contribution >= 0.6 is 0 Å². The molecule has 0 aliphatic carbocycles. The molecule has 2 rings (SSSR count). The monoisotopic (exact) mass is 335 g/mol. The number of hydrogen-bond acceptors (Lipinski definition) is 3. The van der Waals surface area contributed by atoms with E-state index in [-0.39, 0.29) is 10.6 Å². The average Bonchev–Trinajstić information content (AvgIpc) is 2.48. The van der Waals surface area contributed by atoms with Gasteiger partial charge in [0.25, 0.3) is 10.0 Å². The van der Waals surface area contributed by atoms with E-state index in [4.69, 9.17) is 5.11 Å². The van der Waals surface area contributed by atoms with Crippen molar-refractivity contribution in [3.05, 3.63) is 65.5 Å². The summed E-state index contributed by atoms with van der Waals surface area (Å²) in [6.07, 6.45) is 2.29. The molecule has 0 fully saturated rings. The van der Waals surface area contributed by atoms with Crippen LogP contribution in [0.3, 0.4) is 0 Å². The summed E-state index contributed by atoms with van der Waals surface area (Å²) in [7, 11) is -3.93. The van der Waals surface area contributed by atoms with Gasteiger partial charge in [-0.15, -0.1) is 0 Å². The fourth-order valence-corrected chi connectivity index (χ4v) is 2.90. The van der Waals surface area contributed by atoms with Crippen molar-refractivity contribution in [2.75, 3.05) is 4.72 Å². The zero-order valence-electron chi connectivity index (χ0n) is 12.2. The molecule has 7 heteroatoms. The summed E-state index contributed by atoms with van der Waals surface area (Å²) in [5, 5.41) is 8.54. The molecule has 0 spiro atoms. The van der Waals surface area contributed by atoms with Crippen molar-refractivity contribution in [3.63, 3.8) is 0 Å². The van der Waals surface area contributed by atoms with Crippen molar-refractivity contribution in [2.24, 2.45) is 0 Å². The maximum Gasteiger partial charge on any atom is 0.328 e. The quantitative estimate of drug-likeness (QED) is 0.823. The van der Waals surface area contributed by atoms with Crippen LogP contribution in [0.15, 0.2) is 53.4 Å². The molecule has 2 aromatic rings. The first kappa shape index (κ1) is 16.7. The Hall–Kier alpha value is -2.67. The van der Waals surface area contributed by atoms with Crippen LogP contribution < -0.4 is 4.72 Å². The summed E-state index contributed by atoms with van der Waals surface area (Å²) < 4.78 is 40.4. The molecule has 0 aromatic heterocycles. The Morgan fingerprint density at radius 3 is 2.39 bits per heavy atom. The van der Waals surface area contributed by atoms with Crippen molar-refractivity contribution < 1.29 is 22.7 Å². The van der Waals surface area contributed by atoms with Gasteiger partial charge in [0.15, 0.2) is 0 Å². The lowest BCUT2D eigenvalue weighted by molar-refractivity contribution is -0.131. The summed E-state index contributed by atoms with van der Waals surface area (Å²) >= 11 is 0. The number of carboxylic acid groups (broad SMARTS) is 1. The standard InChI is InChI=1S/C16H14FNO4S/c1-11-2-8-15(14(17)10-11)18-23(21,22)13-6-3-12(4-7-13)5-9-16(19)20/h2-10,18H,1H3,(H,19,20)/b9-5+. The minimum atomic E-state index is -3.93. The first-order valence-electron chi connectivity index (χ1n) is 6.58. The Morgan fingerprint density at radius 1 is 1.17 bits per heavy atom. The lowest BCUT2D eigenvalue weighted by atomic mass is 10.2. The van der Waals surface area contributed by atoms with Crippen LogP contribution in [0.2, 0.25) is 0 Å². The second-order valence-corrected chi connectivity index (χ2v) is 6.51. The van der Waals surface area contributed by atoms with Crippen molar-refractivity contribution >= 4 is 27.8 Å². The Kier molecular flexibility index (Phi) is 4.80. The number of hydrogen-bond donors (Lipinski definition) is 2. The largest absolute Gasteiger partial charge is 0.478 e. The number of carboxylic acids is 1. The summed E-state index contributed by atoms with van der Waals surface area (Å²) in [6, 6.07) is 9.73. The molecular weight excluding hydrogens is 321 g/mol. The topological polar surface area (TPSA) is 83.5 Å². The normalized spacial score (nSPS) is 11.6. The number of anilines is 1. The maximum absolute atomic E-state index is 13.7. The van der Waals surface area contributed by atoms with Gasteiger partial charge in [0.2, 0.25) is 0 Å². The molecule has 0 atom stereocenters. The van der Waals surface area contributed by atoms with Gasteiger partial charge in [0.05, 0.1) is 10.6 Å². The first-order valence-corrected chi connectivity index (χ1v) is 8.06. The molecule has 0 heterocycles. The van der Waals surface area contributed by atoms with Crippen LogP contribution in [0.4, 0.5) is 10.1 Å². The molecule has 0 unspecified atom stereocenters. The third kappa shape index (κ3) is 4.40. The fraction of sp³-hybridized carbons (Fsp3) is 0.0625. The lowest BCUT2D eigenvalue weighted by Crippen LogP contribution is -2.14. The van der Waals surface area contributed by atoms with Crippen LogP contribution in [0, 0.1) is 12.7 Å². The number of benzene rings is 2. The highest BCUT2D eigenvalue weighted by Gasteiger charge is 2.16. The van der Waals surface area contributed by atoms with Gasteiger partial charge in [-0.25, -0.2) is 17.6 Å². The third-order valence-corrected chi connectivity index (χ3v) is 4.36. The molecule has 5 nitrogen and oxygen atoms in total. The van der Waals surface area contributed by atoms with Gasteiger partial charge in [-0.2, -0.15) is 0 Å². The summed E-state index contributed by atoms with van der Waals surface area (Å²) in [5.74, 6) is -1.76. The van der Waals surface area contributed by atoms with Gasteiger partial charge in [-0.1, -0.05) is 18.2 Å². The van der Waals surface area contributed by atoms with Gasteiger partial charge in [-0.05, 0) is 48.4 Å². The van der Waals surface area contributed by atoms with Gasteiger partial charge in [0, 0.05) is 6.08 Å². The zero-order chi connectivity index (χ0) is 17.0. The Balaban J connectivity index is 2.24. The van der Waals surface area contributed by atoms with Crippen LogP contribution in [0.25, 0.3) is 6.08 Å². The molecule has 2 N–H and O–H groups in total. The highest BCUT2D eigenvalue weighted by Crippen LogP contribution is 2.20. The molecule has 0 aliphatic rings. The summed E-state index contributed by atoms with van der Waals surface area (Å²) in [6.45, 7) is 1.70. The molecule has 0 amide bonds. The Labute approximate surface area is 133 Å². The second kappa shape index (κ2) is 6.62. The lowest BCUT2D eigenvalue weighted by Gasteiger charge is -2.09. The van der Waals surface area contributed by atoms with Crippen molar-refractivity contribution in [2.45, 2.75) is 11.8 Å². The molecular formula is C16H14FNO4S. The van der Waals surface area contributed by atoms with E-state index in [1.54, 1.807) is 13.0 Å². The van der Waals surface area contributed by atoms with Gasteiger partial charge >= 0.3 is 5.97 Å². The van der Waals surface area contributed by atoms with E-state index < -0.39 is 21.8 Å².